The quantitative estimate of drug-likeness (QED) is 0.848. The number of carbonyl (C=O) groups excluding carboxylic acids is 1. The molecule has 2 aliphatic heterocycles. The van der Waals surface area contributed by atoms with Crippen LogP contribution in [0.1, 0.15) is 11.3 Å². The molecule has 2 aliphatic rings. The van der Waals surface area contributed by atoms with Crippen LogP contribution >= 0.6 is 0 Å². The van der Waals surface area contributed by atoms with Crippen molar-refractivity contribution in [2.75, 3.05) is 26.2 Å². The van der Waals surface area contributed by atoms with Crippen LogP contribution in [0.3, 0.4) is 0 Å². The van der Waals surface area contributed by atoms with Crippen molar-refractivity contribution >= 4 is 5.91 Å². The first-order chi connectivity index (χ1) is 11.8. The van der Waals surface area contributed by atoms with Gasteiger partial charge in [-0.15, -0.1) is 0 Å². The lowest BCUT2D eigenvalue weighted by molar-refractivity contribution is -0.130. The molecule has 2 saturated heterocycles. The topological polar surface area (TPSA) is 58.8 Å². The molecule has 2 fully saturated rings. The summed E-state index contributed by atoms with van der Waals surface area (Å²) in [7, 11) is 0. The van der Waals surface area contributed by atoms with E-state index in [1.807, 2.05) is 11.0 Å². The zero-order valence-electron chi connectivity index (χ0n) is 13.5. The van der Waals surface area contributed by atoms with Crippen LogP contribution in [0, 0.1) is 0 Å². The number of fused-ring (bicyclic) bond motifs is 1. The van der Waals surface area contributed by atoms with Crippen LogP contribution in [0.5, 0.6) is 0 Å². The first kappa shape index (κ1) is 15.4. The van der Waals surface area contributed by atoms with Crippen LogP contribution in [0.4, 0.5) is 0 Å². The number of aromatic nitrogens is 1. The number of ether oxygens (including phenoxy) is 1. The van der Waals surface area contributed by atoms with Gasteiger partial charge in [-0.2, -0.15) is 0 Å². The number of hydrogen-bond acceptors (Lipinski definition) is 5. The van der Waals surface area contributed by atoms with E-state index in [0.717, 1.165) is 19.7 Å². The molecule has 0 radical (unpaired) electrons. The molecule has 4 rings (SSSR count). The minimum atomic E-state index is 0.0848. The van der Waals surface area contributed by atoms with Gasteiger partial charge >= 0.3 is 0 Å². The Hall–Kier alpha value is -2.18. The van der Waals surface area contributed by atoms with E-state index in [9.17, 15) is 4.79 Å². The van der Waals surface area contributed by atoms with Gasteiger partial charge in [0.05, 0.1) is 30.9 Å². The third-order valence-electron chi connectivity index (χ3n) is 4.82. The highest BCUT2D eigenvalue weighted by molar-refractivity contribution is 5.78. The molecule has 1 amide bonds. The monoisotopic (exact) mass is 327 g/mol. The maximum Gasteiger partial charge on any atom is 0.228 e. The van der Waals surface area contributed by atoms with Gasteiger partial charge in [0.15, 0.2) is 0 Å². The second kappa shape index (κ2) is 6.75. The van der Waals surface area contributed by atoms with Gasteiger partial charge in [-0.25, -0.2) is 0 Å². The van der Waals surface area contributed by atoms with E-state index < -0.39 is 0 Å². The van der Waals surface area contributed by atoms with Crippen LogP contribution < -0.4 is 0 Å². The van der Waals surface area contributed by atoms with Crippen molar-refractivity contribution in [1.82, 2.24) is 15.0 Å². The summed E-state index contributed by atoms with van der Waals surface area (Å²) < 4.78 is 10.7. The highest BCUT2D eigenvalue weighted by atomic mass is 16.5. The number of morpholine rings is 1. The van der Waals surface area contributed by atoms with E-state index in [1.54, 1.807) is 6.07 Å². The molecule has 0 N–H and O–H groups in total. The summed E-state index contributed by atoms with van der Waals surface area (Å²) in [6.45, 7) is 3.90. The van der Waals surface area contributed by atoms with Gasteiger partial charge in [0.1, 0.15) is 6.26 Å². The minimum Gasteiger partial charge on any atom is -0.373 e. The maximum atomic E-state index is 12.5. The standard InChI is InChI=1S/C18H21N3O3/c22-18(10-15-6-8-24-19-15)21-12-16-17(13-21)23-9-7-20(16)11-14-4-2-1-3-5-14/h1-6,8,16-17H,7,9-13H2/t16-,17-/m1/s1. The Morgan fingerprint density at radius 2 is 2.08 bits per heavy atom. The molecule has 0 aliphatic carbocycles. The van der Waals surface area contributed by atoms with Gasteiger partial charge < -0.3 is 14.2 Å². The van der Waals surface area contributed by atoms with E-state index >= 15 is 0 Å². The lowest BCUT2D eigenvalue weighted by Crippen LogP contribution is -2.50. The number of amides is 1. The second-order valence-corrected chi connectivity index (χ2v) is 6.40. The summed E-state index contributed by atoms with van der Waals surface area (Å²) in [5, 5.41) is 3.82. The molecule has 3 heterocycles. The van der Waals surface area contributed by atoms with E-state index in [-0.39, 0.29) is 24.5 Å². The van der Waals surface area contributed by atoms with Gasteiger partial charge in [0.2, 0.25) is 5.91 Å². The molecule has 6 heteroatoms. The van der Waals surface area contributed by atoms with Crippen molar-refractivity contribution in [1.29, 1.82) is 0 Å². The SMILES string of the molecule is O=C(Cc1ccon1)N1C[C@@H]2[C@@H](C1)OCCN2Cc1ccccc1. The summed E-state index contributed by atoms with van der Waals surface area (Å²) in [6, 6.07) is 12.5. The summed E-state index contributed by atoms with van der Waals surface area (Å²) in [4.78, 5) is 16.8. The lowest BCUT2D eigenvalue weighted by Gasteiger charge is -2.36. The molecule has 126 valence electrons. The maximum absolute atomic E-state index is 12.5. The number of rotatable bonds is 4. The zero-order valence-corrected chi connectivity index (χ0v) is 13.5. The zero-order chi connectivity index (χ0) is 16.4. The Labute approximate surface area is 141 Å². The lowest BCUT2D eigenvalue weighted by atomic mass is 10.1. The Morgan fingerprint density at radius 3 is 2.88 bits per heavy atom. The molecule has 6 nitrogen and oxygen atoms in total. The van der Waals surface area contributed by atoms with Crippen molar-refractivity contribution in [2.45, 2.75) is 25.1 Å². The fraction of sp³-hybridized carbons (Fsp3) is 0.444. The fourth-order valence-corrected chi connectivity index (χ4v) is 3.57. The number of carbonyl (C=O) groups is 1. The van der Waals surface area contributed by atoms with Crippen LogP contribution in [-0.4, -0.2) is 59.3 Å². The molecule has 0 spiro atoms. The largest absolute Gasteiger partial charge is 0.373 e. The third kappa shape index (κ3) is 3.20. The summed E-state index contributed by atoms with van der Waals surface area (Å²) in [5.41, 5.74) is 1.97. The number of hydrogen-bond donors (Lipinski definition) is 0. The van der Waals surface area contributed by atoms with Crippen molar-refractivity contribution < 1.29 is 14.1 Å². The Morgan fingerprint density at radius 1 is 1.21 bits per heavy atom. The van der Waals surface area contributed by atoms with E-state index in [2.05, 4.69) is 34.3 Å². The predicted molar refractivity (Wildman–Crippen MR) is 87.2 cm³/mol. The Balaban J connectivity index is 1.41. The fourth-order valence-electron chi connectivity index (χ4n) is 3.57. The van der Waals surface area contributed by atoms with Crippen molar-refractivity contribution in [3.8, 4) is 0 Å². The van der Waals surface area contributed by atoms with E-state index in [4.69, 9.17) is 9.26 Å². The second-order valence-electron chi connectivity index (χ2n) is 6.40. The summed E-state index contributed by atoms with van der Waals surface area (Å²) in [6.07, 6.45) is 1.88. The minimum absolute atomic E-state index is 0.0848. The molecule has 24 heavy (non-hydrogen) atoms. The van der Waals surface area contributed by atoms with Crippen molar-refractivity contribution in [3.05, 3.63) is 53.9 Å². The third-order valence-corrected chi connectivity index (χ3v) is 4.82. The van der Waals surface area contributed by atoms with Gasteiger partial charge in [0.25, 0.3) is 0 Å². The highest BCUT2D eigenvalue weighted by Crippen LogP contribution is 2.25. The summed E-state index contributed by atoms with van der Waals surface area (Å²) >= 11 is 0. The Bertz CT molecular complexity index is 674. The first-order valence-electron chi connectivity index (χ1n) is 8.36. The smallest absolute Gasteiger partial charge is 0.228 e. The number of benzene rings is 1. The van der Waals surface area contributed by atoms with Gasteiger partial charge in [-0.1, -0.05) is 35.5 Å². The predicted octanol–water partition coefficient (Wildman–Crippen LogP) is 1.33. The van der Waals surface area contributed by atoms with Crippen LogP contribution in [0.15, 0.2) is 47.2 Å². The van der Waals surface area contributed by atoms with Gasteiger partial charge in [0, 0.05) is 32.2 Å². The molecule has 0 unspecified atom stereocenters. The van der Waals surface area contributed by atoms with Gasteiger partial charge in [-0.3, -0.25) is 9.69 Å². The van der Waals surface area contributed by atoms with Crippen LogP contribution in [0.2, 0.25) is 0 Å². The molecule has 2 aromatic rings. The molecule has 0 saturated carbocycles. The molecule has 1 aromatic heterocycles. The average molecular weight is 327 g/mol. The number of likely N-dealkylation sites (tertiary alicyclic amines) is 1. The molecular weight excluding hydrogens is 306 g/mol. The van der Waals surface area contributed by atoms with Crippen LogP contribution in [0.25, 0.3) is 0 Å². The number of nitrogens with zero attached hydrogens (tertiary/aromatic N) is 3. The molecular formula is C18H21N3O3. The van der Waals surface area contributed by atoms with E-state index in [1.165, 1.54) is 11.8 Å². The van der Waals surface area contributed by atoms with E-state index in [0.29, 0.717) is 18.8 Å². The average Bonchev–Trinajstić information content (AvgIpc) is 3.25. The van der Waals surface area contributed by atoms with Crippen LogP contribution in [-0.2, 0) is 22.5 Å². The van der Waals surface area contributed by atoms with Crippen molar-refractivity contribution in [3.63, 3.8) is 0 Å². The summed E-state index contributed by atoms with van der Waals surface area (Å²) in [5.74, 6) is 0.0848. The highest BCUT2D eigenvalue weighted by Gasteiger charge is 2.41. The first-order valence-corrected chi connectivity index (χ1v) is 8.36. The van der Waals surface area contributed by atoms with Crippen molar-refractivity contribution in [2.24, 2.45) is 0 Å². The molecule has 1 aromatic carbocycles. The van der Waals surface area contributed by atoms with Gasteiger partial charge in [-0.05, 0) is 5.56 Å². The molecule has 0 bridgehead atoms. The molecule has 2 atom stereocenters. The Kier molecular flexibility index (Phi) is 4.32. The normalized spacial score (nSPS) is 24.1.